The van der Waals surface area contributed by atoms with Crippen LogP contribution in [0.2, 0.25) is 0 Å². The second-order valence-corrected chi connectivity index (χ2v) is 5.04. The zero-order chi connectivity index (χ0) is 16.8. The van der Waals surface area contributed by atoms with E-state index in [1.807, 2.05) is 0 Å². The fourth-order valence-corrected chi connectivity index (χ4v) is 2.05. The van der Waals surface area contributed by atoms with Gasteiger partial charge in [-0.1, -0.05) is 12.1 Å². The van der Waals surface area contributed by atoms with Crippen LogP contribution in [-0.4, -0.2) is 18.5 Å². The molecule has 23 heavy (non-hydrogen) atoms. The third-order valence-corrected chi connectivity index (χ3v) is 3.19. The molecule has 0 radical (unpaired) electrons. The highest BCUT2D eigenvalue weighted by Crippen LogP contribution is 2.12. The molecule has 1 aromatic heterocycles. The summed E-state index contributed by atoms with van der Waals surface area (Å²) in [5, 5.41) is 2.59. The van der Waals surface area contributed by atoms with E-state index in [0.717, 1.165) is 5.56 Å². The van der Waals surface area contributed by atoms with Gasteiger partial charge in [-0.3, -0.25) is 10.2 Å². The number of carbonyl (C=O) groups is 2. The summed E-state index contributed by atoms with van der Waals surface area (Å²) in [4.78, 5) is 23.5. The van der Waals surface area contributed by atoms with Crippen LogP contribution in [-0.2, 0) is 6.42 Å². The molecule has 0 aliphatic carbocycles. The quantitative estimate of drug-likeness (QED) is 0.756. The van der Waals surface area contributed by atoms with E-state index < -0.39 is 11.9 Å². The van der Waals surface area contributed by atoms with Gasteiger partial charge in [0.25, 0.3) is 5.91 Å². The summed E-state index contributed by atoms with van der Waals surface area (Å²) in [6, 6.07) is 7.11. The van der Waals surface area contributed by atoms with Crippen LogP contribution in [0.4, 0.5) is 9.18 Å². The normalized spacial score (nSPS) is 10.2. The van der Waals surface area contributed by atoms with E-state index in [2.05, 4.69) is 16.2 Å². The lowest BCUT2D eigenvalue weighted by Gasteiger charge is -2.08. The van der Waals surface area contributed by atoms with Gasteiger partial charge in [-0.15, -0.1) is 0 Å². The van der Waals surface area contributed by atoms with Crippen molar-refractivity contribution in [2.45, 2.75) is 20.3 Å². The van der Waals surface area contributed by atoms with Crippen molar-refractivity contribution in [2.24, 2.45) is 0 Å². The summed E-state index contributed by atoms with van der Waals surface area (Å²) in [5.41, 5.74) is 5.83. The van der Waals surface area contributed by atoms with Gasteiger partial charge in [0, 0.05) is 6.54 Å². The maximum atomic E-state index is 12.8. The van der Waals surface area contributed by atoms with Gasteiger partial charge in [0.05, 0.1) is 5.56 Å². The van der Waals surface area contributed by atoms with Crippen molar-refractivity contribution >= 4 is 11.9 Å². The zero-order valence-electron chi connectivity index (χ0n) is 12.9. The lowest BCUT2D eigenvalue weighted by Crippen LogP contribution is -2.47. The molecule has 0 fully saturated rings. The van der Waals surface area contributed by atoms with E-state index >= 15 is 0 Å². The maximum Gasteiger partial charge on any atom is 0.333 e. The Kier molecular flexibility index (Phi) is 5.35. The van der Waals surface area contributed by atoms with Crippen LogP contribution in [0.25, 0.3) is 0 Å². The van der Waals surface area contributed by atoms with Crippen molar-refractivity contribution in [1.29, 1.82) is 0 Å². The number of urea groups is 1. The molecule has 6 nitrogen and oxygen atoms in total. The summed E-state index contributed by atoms with van der Waals surface area (Å²) in [5.74, 6) is 0.356. The molecule has 0 aliphatic heterocycles. The Hall–Kier alpha value is -2.83. The minimum atomic E-state index is -0.529. The average molecular weight is 319 g/mol. The second kappa shape index (κ2) is 7.44. The molecule has 3 N–H and O–H groups in total. The second-order valence-electron chi connectivity index (χ2n) is 5.04. The van der Waals surface area contributed by atoms with Crippen LogP contribution < -0.4 is 16.2 Å². The molecule has 1 heterocycles. The van der Waals surface area contributed by atoms with Gasteiger partial charge in [-0.25, -0.2) is 14.6 Å². The number of benzene rings is 1. The molecular formula is C16H18FN3O3. The van der Waals surface area contributed by atoms with Crippen LogP contribution >= 0.6 is 0 Å². The summed E-state index contributed by atoms with van der Waals surface area (Å²) >= 11 is 0. The van der Waals surface area contributed by atoms with Crippen LogP contribution in [0.15, 0.2) is 34.7 Å². The number of furan rings is 1. The van der Waals surface area contributed by atoms with Gasteiger partial charge in [0.1, 0.15) is 17.3 Å². The molecule has 122 valence electrons. The number of hydrazine groups is 1. The predicted octanol–water partition coefficient (Wildman–Crippen LogP) is 2.22. The Balaban J connectivity index is 1.71. The fourth-order valence-electron chi connectivity index (χ4n) is 2.05. The number of rotatable bonds is 4. The molecule has 3 amide bonds. The molecular weight excluding hydrogens is 301 g/mol. The van der Waals surface area contributed by atoms with Crippen molar-refractivity contribution in [2.75, 3.05) is 6.54 Å². The van der Waals surface area contributed by atoms with Crippen molar-refractivity contribution in [3.8, 4) is 0 Å². The molecule has 2 rings (SSSR count). The Morgan fingerprint density at radius 1 is 1.13 bits per heavy atom. The smallest absolute Gasteiger partial charge is 0.333 e. The lowest BCUT2D eigenvalue weighted by atomic mass is 10.1. The molecule has 0 spiro atoms. The maximum absolute atomic E-state index is 12.8. The van der Waals surface area contributed by atoms with Crippen molar-refractivity contribution in [1.82, 2.24) is 16.2 Å². The summed E-state index contributed by atoms with van der Waals surface area (Å²) in [6.45, 7) is 3.77. The Morgan fingerprint density at radius 3 is 2.43 bits per heavy atom. The van der Waals surface area contributed by atoms with Crippen molar-refractivity contribution in [3.63, 3.8) is 0 Å². The minimum absolute atomic E-state index is 0.299. The summed E-state index contributed by atoms with van der Waals surface area (Å²) < 4.78 is 18.0. The van der Waals surface area contributed by atoms with Gasteiger partial charge < -0.3 is 9.73 Å². The summed E-state index contributed by atoms with van der Waals surface area (Å²) in [6.07, 6.45) is 0.557. The fraction of sp³-hybridized carbons (Fsp3) is 0.250. The molecule has 0 unspecified atom stereocenters. The largest absolute Gasteiger partial charge is 0.466 e. The summed E-state index contributed by atoms with van der Waals surface area (Å²) in [7, 11) is 0. The third kappa shape index (κ3) is 4.84. The number of carbonyl (C=O) groups excluding carboxylic acids is 2. The first-order chi connectivity index (χ1) is 11.0. The predicted molar refractivity (Wildman–Crippen MR) is 82.3 cm³/mol. The highest BCUT2D eigenvalue weighted by atomic mass is 19.1. The molecule has 0 atom stereocenters. The Labute approximate surface area is 133 Å². The number of hydrogen-bond donors (Lipinski definition) is 3. The van der Waals surface area contributed by atoms with Crippen molar-refractivity contribution in [3.05, 3.63) is 58.8 Å². The van der Waals surface area contributed by atoms with Gasteiger partial charge in [0.15, 0.2) is 0 Å². The minimum Gasteiger partial charge on any atom is -0.466 e. The van der Waals surface area contributed by atoms with Gasteiger partial charge in [-0.2, -0.15) is 0 Å². The Bertz CT molecular complexity index is 695. The number of aryl methyl sites for hydroxylation is 2. The molecule has 0 saturated heterocycles. The first kappa shape index (κ1) is 16.5. The van der Waals surface area contributed by atoms with E-state index in [0.29, 0.717) is 30.0 Å². The monoisotopic (exact) mass is 319 g/mol. The lowest BCUT2D eigenvalue weighted by molar-refractivity contribution is 0.0934. The van der Waals surface area contributed by atoms with Gasteiger partial charge in [0.2, 0.25) is 0 Å². The van der Waals surface area contributed by atoms with Gasteiger partial charge in [-0.05, 0) is 44.0 Å². The van der Waals surface area contributed by atoms with Crippen LogP contribution in [0.3, 0.4) is 0 Å². The first-order valence-electron chi connectivity index (χ1n) is 7.11. The number of halogens is 1. The topological polar surface area (TPSA) is 83.4 Å². The van der Waals surface area contributed by atoms with E-state index in [1.165, 1.54) is 12.1 Å². The standard InChI is InChI=1S/C16H18FN3O3/c1-10-9-14(11(2)23-10)15(21)19-20-16(22)18-8-7-12-3-5-13(17)6-4-12/h3-6,9H,7-8H2,1-2H3,(H,19,21)(H2,18,20,22). The molecule has 0 aliphatic rings. The third-order valence-electron chi connectivity index (χ3n) is 3.19. The highest BCUT2D eigenvalue weighted by Gasteiger charge is 2.13. The van der Waals surface area contributed by atoms with E-state index in [4.69, 9.17) is 4.42 Å². The van der Waals surface area contributed by atoms with Crippen LogP contribution in [0.1, 0.15) is 27.4 Å². The average Bonchev–Trinajstić information content (AvgIpc) is 2.85. The first-order valence-corrected chi connectivity index (χ1v) is 7.11. The number of hydrogen-bond acceptors (Lipinski definition) is 3. The van der Waals surface area contributed by atoms with Crippen LogP contribution in [0.5, 0.6) is 0 Å². The van der Waals surface area contributed by atoms with E-state index in [9.17, 15) is 14.0 Å². The van der Waals surface area contributed by atoms with E-state index in [-0.39, 0.29) is 5.82 Å². The Morgan fingerprint density at radius 2 is 1.83 bits per heavy atom. The van der Waals surface area contributed by atoms with Crippen LogP contribution in [0, 0.1) is 19.7 Å². The molecule has 0 saturated carbocycles. The molecule has 1 aromatic carbocycles. The number of amides is 3. The zero-order valence-corrected chi connectivity index (χ0v) is 12.9. The van der Waals surface area contributed by atoms with E-state index in [1.54, 1.807) is 32.0 Å². The molecule has 2 aromatic rings. The highest BCUT2D eigenvalue weighted by molar-refractivity contribution is 5.96. The van der Waals surface area contributed by atoms with Gasteiger partial charge >= 0.3 is 6.03 Å². The molecule has 7 heteroatoms. The van der Waals surface area contributed by atoms with Crippen molar-refractivity contribution < 1.29 is 18.4 Å². The number of nitrogens with one attached hydrogen (secondary N) is 3. The molecule has 0 bridgehead atoms. The SMILES string of the molecule is Cc1cc(C(=O)NNC(=O)NCCc2ccc(F)cc2)c(C)o1.